The second-order valence-corrected chi connectivity index (χ2v) is 4.91. The zero-order chi connectivity index (χ0) is 16.3. The second kappa shape index (κ2) is 6.55. The van der Waals surface area contributed by atoms with Gasteiger partial charge in [0.2, 0.25) is 0 Å². The van der Waals surface area contributed by atoms with Crippen LogP contribution in [0.2, 0.25) is 0 Å². The lowest BCUT2D eigenvalue weighted by Gasteiger charge is -2.26. The molecule has 1 aromatic carbocycles. The van der Waals surface area contributed by atoms with Crippen LogP contribution in [0.25, 0.3) is 0 Å². The average Bonchev–Trinajstić information content (AvgIpc) is 2.91. The standard InChI is InChI=1S/C15H15F2NO4/c1-22-14(19)7-4-10-3-6-13(18(10)15(20)21)9-2-5-11(16)12(17)8-9/h2,4-5,7-8,10,13H,3,6H2,1H3,(H,20,21)/t10-,13+/m1/s1. The number of nitrogens with zero attached hydrogens (tertiary/aromatic N) is 1. The molecule has 0 unspecified atom stereocenters. The Labute approximate surface area is 125 Å². The molecule has 1 heterocycles. The van der Waals surface area contributed by atoms with Crippen LogP contribution in [0.1, 0.15) is 24.4 Å². The Morgan fingerprint density at radius 1 is 1.32 bits per heavy atom. The van der Waals surface area contributed by atoms with Gasteiger partial charge in [0, 0.05) is 6.08 Å². The maximum atomic E-state index is 13.3. The summed E-state index contributed by atoms with van der Waals surface area (Å²) in [4.78, 5) is 23.7. The number of methoxy groups -OCH3 is 1. The largest absolute Gasteiger partial charge is 0.466 e. The number of likely N-dealkylation sites (tertiary alicyclic amines) is 1. The lowest BCUT2D eigenvalue weighted by molar-refractivity contribution is -0.134. The van der Waals surface area contributed by atoms with E-state index in [1.807, 2.05) is 0 Å². The highest BCUT2D eigenvalue weighted by Crippen LogP contribution is 2.37. The maximum absolute atomic E-state index is 13.3. The van der Waals surface area contributed by atoms with Crippen molar-refractivity contribution in [3.8, 4) is 0 Å². The molecule has 22 heavy (non-hydrogen) atoms. The number of ether oxygens (including phenoxy) is 1. The molecule has 2 atom stereocenters. The summed E-state index contributed by atoms with van der Waals surface area (Å²) in [5, 5.41) is 9.37. The molecule has 118 valence electrons. The van der Waals surface area contributed by atoms with Gasteiger partial charge in [0.15, 0.2) is 11.6 Å². The number of benzene rings is 1. The molecular formula is C15H15F2NO4. The first-order valence-corrected chi connectivity index (χ1v) is 6.66. The predicted octanol–water partition coefficient (Wildman–Crippen LogP) is 2.88. The van der Waals surface area contributed by atoms with Crippen molar-refractivity contribution in [3.63, 3.8) is 0 Å². The Morgan fingerprint density at radius 2 is 2.05 bits per heavy atom. The zero-order valence-corrected chi connectivity index (χ0v) is 11.8. The summed E-state index contributed by atoms with van der Waals surface area (Å²) in [5.74, 6) is -2.58. The summed E-state index contributed by atoms with van der Waals surface area (Å²) < 4.78 is 30.8. The quantitative estimate of drug-likeness (QED) is 0.688. The molecular weight excluding hydrogens is 296 g/mol. The molecule has 1 saturated heterocycles. The Bertz CT molecular complexity index is 618. The van der Waals surface area contributed by atoms with Crippen LogP contribution < -0.4 is 0 Å². The van der Waals surface area contributed by atoms with Gasteiger partial charge in [-0.2, -0.15) is 0 Å². The Morgan fingerprint density at radius 3 is 2.64 bits per heavy atom. The Kier molecular flexibility index (Phi) is 4.75. The van der Waals surface area contributed by atoms with E-state index in [2.05, 4.69) is 4.74 Å². The van der Waals surface area contributed by atoms with Gasteiger partial charge in [0.25, 0.3) is 0 Å². The summed E-state index contributed by atoms with van der Waals surface area (Å²) in [5.41, 5.74) is 0.385. The molecule has 1 fully saturated rings. The lowest BCUT2D eigenvalue weighted by Crippen LogP contribution is -2.35. The van der Waals surface area contributed by atoms with Gasteiger partial charge in [-0.15, -0.1) is 0 Å². The van der Waals surface area contributed by atoms with Gasteiger partial charge in [-0.25, -0.2) is 18.4 Å². The van der Waals surface area contributed by atoms with Gasteiger partial charge in [0.1, 0.15) is 0 Å². The van der Waals surface area contributed by atoms with E-state index in [9.17, 15) is 23.5 Å². The molecule has 5 nitrogen and oxygen atoms in total. The van der Waals surface area contributed by atoms with Crippen LogP contribution in [0.15, 0.2) is 30.4 Å². The molecule has 7 heteroatoms. The summed E-state index contributed by atoms with van der Waals surface area (Å²) in [7, 11) is 1.22. The SMILES string of the molecule is COC(=O)C=C[C@H]1CC[C@@H](c2ccc(F)c(F)c2)N1C(=O)O. The molecule has 2 rings (SSSR count). The van der Waals surface area contributed by atoms with Crippen molar-refractivity contribution in [2.45, 2.75) is 24.9 Å². The van der Waals surface area contributed by atoms with Crippen molar-refractivity contribution in [2.24, 2.45) is 0 Å². The minimum Gasteiger partial charge on any atom is -0.466 e. The fourth-order valence-corrected chi connectivity index (χ4v) is 2.61. The van der Waals surface area contributed by atoms with E-state index in [0.29, 0.717) is 18.4 Å². The van der Waals surface area contributed by atoms with Gasteiger partial charge in [-0.05, 0) is 30.5 Å². The lowest BCUT2D eigenvalue weighted by atomic mass is 10.0. The molecule has 1 aromatic rings. The maximum Gasteiger partial charge on any atom is 0.408 e. The fraction of sp³-hybridized carbons (Fsp3) is 0.333. The van der Waals surface area contributed by atoms with Crippen LogP contribution in [0.5, 0.6) is 0 Å². The minimum atomic E-state index is -1.19. The molecule has 0 aliphatic carbocycles. The second-order valence-electron chi connectivity index (χ2n) is 4.91. The normalized spacial score (nSPS) is 21.3. The number of carbonyl (C=O) groups is 2. The van der Waals surface area contributed by atoms with Crippen LogP contribution in [-0.4, -0.2) is 35.2 Å². The summed E-state index contributed by atoms with van der Waals surface area (Å²) in [6.45, 7) is 0. The van der Waals surface area contributed by atoms with E-state index < -0.39 is 35.8 Å². The van der Waals surface area contributed by atoms with E-state index in [4.69, 9.17) is 0 Å². The van der Waals surface area contributed by atoms with Crippen LogP contribution >= 0.6 is 0 Å². The third-order valence-corrected chi connectivity index (χ3v) is 3.63. The van der Waals surface area contributed by atoms with E-state index >= 15 is 0 Å². The van der Waals surface area contributed by atoms with E-state index in [-0.39, 0.29) is 0 Å². The number of esters is 1. The molecule has 1 aliphatic heterocycles. The Balaban J connectivity index is 2.25. The van der Waals surface area contributed by atoms with Crippen LogP contribution in [0, 0.1) is 11.6 Å². The minimum absolute atomic E-state index is 0.385. The number of amides is 1. The van der Waals surface area contributed by atoms with Crippen LogP contribution in [0.3, 0.4) is 0 Å². The Hall–Kier alpha value is -2.44. The number of hydrogen-bond donors (Lipinski definition) is 1. The summed E-state index contributed by atoms with van der Waals surface area (Å²) >= 11 is 0. The highest BCUT2D eigenvalue weighted by atomic mass is 19.2. The highest BCUT2D eigenvalue weighted by molar-refractivity contribution is 5.82. The fourth-order valence-electron chi connectivity index (χ4n) is 2.61. The molecule has 1 N–H and O–H groups in total. The monoisotopic (exact) mass is 311 g/mol. The molecule has 0 saturated carbocycles. The first-order chi connectivity index (χ1) is 10.4. The van der Waals surface area contributed by atoms with E-state index in [0.717, 1.165) is 23.1 Å². The van der Waals surface area contributed by atoms with Gasteiger partial charge in [0.05, 0.1) is 19.2 Å². The molecule has 1 amide bonds. The van der Waals surface area contributed by atoms with Crippen molar-refractivity contribution in [2.75, 3.05) is 7.11 Å². The van der Waals surface area contributed by atoms with Crippen molar-refractivity contribution < 1.29 is 28.2 Å². The zero-order valence-electron chi connectivity index (χ0n) is 11.8. The van der Waals surface area contributed by atoms with Gasteiger partial charge in [-0.3, -0.25) is 4.90 Å². The van der Waals surface area contributed by atoms with Crippen LogP contribution in [0.4, 0.5) is 13.6 Å². The van der Waals surface area contributed by atoms with Gasteiger partial charge < -0.3 is 9.84 Å². The smallest absolute Gasteiger partial charge is 0.408 e. The van der Waals surface area contributed by atoms with E-state index in [1.165, 1.54) is 19.3 Å². The molecule has 0 bridgehead atoms. The average molecular weight is 311 g/mol. The molecule has 0 radical (unpaired) electrons. The number of rotatable bonds is 3. The summed E-state index contributed by atoms with van der Waals surface area (Å²) in [6, 6.07) is 2.24. The third kappa shape index (κ3) is 3.24. The van der Waals surface area contributed by atoms with E-state index in [1.54, 1.807) is 0 Å². The first kappa shape index (κ1) is 15.9. The predicted molar refractivity (Wildman–Crippen MR) is 73.1 cm³/mol. The third-order valence-electron chi connectivity index (χ3n) is 3.63. The topological polar surface area (TPSA) is 66.8 Å². The van der Waals surface area contributed by atoms with Crippen LogP contribution in [-0.2, 0) is 9.53 Å². The highest BCUT2D eigenvalue weighted by Gasteiger charge is 2.36. The van der Waals surface area contributed by atoms with Gasteiger partial charge in [-0.1, -0.05) is 12.1 Å². The van der Waals surface area contributed by atoms with Crippen molar-refractivity contribution in [1.82, 2.24) is 4.90 Å². The number of hydrogen-bond acceptors (Lipinski definition) is 3. The molecule has 0 aromatic heterocycles. The summed E-state index contributed by atoms with van der Waals surface area (Å²) in [6.07, 6.45) is 2.34. The molecule has 1 aliphatic rings. The number of carbonyl (C=O) groups excluding carboxylic acids is 1. The van der Waals surface area contributed by atoms with Crippen molar-refractivity contribution in [1.29, 1.82) is 0 Å². The van der Waals surface area contributed by atoms with Crippen molar-refractivity contribution >= 4 is 12.1 Å². The van der Waals surface area contributed by atoms with Crippen molar-refractivity contribution in [3.05, 3.63) is 47.5 Å². The number of halogens is 2. The first-order valence-electron chi connectivity index (χ1n) is 6.66. The number of carboxylic acid groups (broad SMARTS) is 1. The van der Waals surface area contributed by atoms with Gasteiger partial charge >= 0.3 is 12.1 Å². The molecule has 0 spiro atoms.